The van der Waals surface area contributed by atoms with E-state index in [4.69, 9.17) is 9.51 Å². The van der Waals surface area contributed by atoms with Crippen molar-refractivity contribution in [3.63, 3.8) is 0 Å². The largest absolute Gasteiger partial charge is 0.356 e. The molecule has 0 saturated heterocycles. The second kappa shape index (κ2) is 7.03. The number of aryl methyl sites for hydroxylation is 2. The molecule has 0 aliphatic heterocycles. The summed E-state index contributed by atoms with van der Waals surface area (Å²) >= 11 is 0. The quantitative estimate of drug-likeness (QED) is 0.547. The zero-order valence-corrected chi connectivity index (χ0v) is 15.3. The lowest BCUT2D eigenvalue weighted by molar-refractivity contribution is 0.426. The van der Waals surface area contributed by atoms with Crippen molar-refractivity contribution >= 4 is 0 Å². The Bertz CT molecular complexity index is 1070. The minimum Gasteiger partial charge on any atom is -0.356 e. The Labute approximate surface area is 156 Å². The van der Waals surface area contributed by atoms with Crippen LogP contribution in [0.25, 0.3) is 34.2 Å². The standard InChI is InChI=1S/C20H18N6O/c1-4-14-13(3)26-27-19(14)15-10-24-20(16-7-5-6-8-21-16)25-18(15)17-11-22-12(2)9-23-17/h5-11H,4H2,1-3H3. The Morgan fingerprint density at radius 2 is 1.81 bits per heavy atom. The normalized spacial score (nSPS) is 10.9. The van der Waals surface area contributed by atoms with Crippen LogP contribution in [0.15, 0.2) is 47.5 Å². The first-order valence-electron chi connectivity index (χ1n) is 8.70. The molecule has 0 radical (unpaired) electrons. The predicted octanol–water partition coefficient (Wildman–Crippen LogP) is 3.83. The van der Waals surface area contributed by atoms with Crippen LogP contribution in [-0.2, 0) is 6.42 Å². The molecule has 0 aliphatic rings. The zero-order valence-electron chi connectivity index (χ0n) is 15.3. The highest BCUT2D eigenvalue weighted by Gasteiger charge is 2.21. The number of aromatic nitrogens is 6. The van der Waals surface area contributed by atoms with Gasteiger partial charge in [0.25, 0.3) is 0 Å². The summed E-state index contributed by atoms with van der Waals surface area (Å²) in [5.41, 5.74) is 5.45. The van der Waals surface area contributed by atoms with Crippen LogP contribution in [0.2, 0.25) is 0 Å². The van der Waals surface area contributed by atoms with E-state index >= 15 is 0 Å². The molecule has 4 aromatic heterocycles. The highest BCUT2D eigenvalue weighted by Crippen LogP contribution is 2.33. The molecule has 4 aromatic rings. The van der Waals surface area contributed by atoms with Crippen LogP contribution < -0.4 is 0 Å². The fraction of sp³-hybridized carbons (Fsp3) is 0.200. The van der Waals surface area contributed by atoms with Crippen LogP contribution in [0.1, 0.15) is 23.9 Å². The van der Waals surface area contributed by atoms with Crippen molar-refractivity contribution in [3.05, 3.63) is 59.9 Å². The summed E-state index contributed by atoms with van der Waals surface area (Å²) in [4.78, 5) is 22.4. The average molecular weight is 358 g/mol. The van der Waals surface area contributed by atoms with E-state index < -0.39 is 0 Å². The van der Waals surface area contributed by atoms with Gasteiger partial charge in [-0.3, -0.25) is 15.0 Å². The summed E-state index contributed by atoms with van der Waals surface area (Å²) in [5, 5.41) is 4.11. The summed E-state index contributed by atoms with van der Waals surface area (Å²) in [5.74, 6) is 1.19. The van der Waals surface area contributed by atoms with E-state index in [1.165, 1.54) is 0 Å². The zero-order chi connectivity index (χ0) is 18.8. The van der Waals surface area contributed by atoms with Gasteiger partial charge in [-0.25, -0.2) is 9.97 Å². The van der Waals surface area contributed by atoms with Gasteiger partial charge in [-0.15, -0.1) is 0 Å². The molecule has 0 saturated carbocycles. The molecule has 4 heterocycles. The predicted molar refractivity (Wildman–Crippen MR) is 101 cm³/mol. The summed E-state index contributed by atoms with van der Waals surface area (Å²) in [7, 11) is 0. The number of pyridine rings is 1. The Kier molecular flexibility index (Phi) is 4.42. The highest BCUT2D eigenvalue weighted by atomic mass is 16.5. The molecule has 134 valence electrons. The minimum atomic E-state index is 0.519. The summed E-state index contributed by atoms with van der Waals surface area (Å²) < 4.78 is 5.61. The summed E-state index contributed by atoms with van der Waals surface area (Å²) in [6.45, 7) is 5.89. The van der Waals surface area contributed by atoms with E-state index in [0.717, 1.165) is 28.9 Å². The smallest absolute Gasteiger partial charge is 0.178 e. The molecule has 0 unspecified atom stereocenters. The van der Waals surface area contributed by atoms with Crippen molar-refractivity contribution in [1.82, 2.24) is 30.1 Å². The Balaban J connectivity index is 1.94. The van der Waals surface area contributed by atoms with Crippen molar-refractivity contribution in [3.8, 4) is 34.2 Å². The van der Waals surface area contributed by atoms with E-state index in [-0.39, 0.29) is 0 Å². The van der Waals surface area contributed by atoms with Crippen LogP contribution in [0.5, 0.6) is 0 Å². The van der Waals surface area contributed by atoms with Crippen molar-refractivity contribution in [2.75, 3.05) is 0 Å². The van der Waals surface area contributed by atoms with Gasteiger partial charge in [0.2, 0.25) is 0 Å². The highest BCUT2D eigenvalue weighted by molar-refractivity contribution is 5.78. The second-order valence-electron chi connectivity index (χ2n) is 6.14. The molecule has 0 spiro atoms. The molecule has 27 heavy (non-hydrogen) atoms. The maximum atomic E-state index is 5.61. The van der Waals surface area contributed by atoms with Gasteiger partial charge in [0.1, 0.15) is 17.1 Å². The molecule has 4 rings (SSSR count). The molecule has 0 N–H and O–H groups in total. The Morgan fingerprint density at radius 3 is 2.52 bits per heavy atom. The first-order chi connectivity index (χ1) is 13.2. The molecule has 7 heteroatoms. The molecule has 7 nitrogen and oxygen atoms in total. The van der Waals surface area contributed by atoms with Crippen molar-refractivity contribution < 1.29 is 4.52 Å². The van der Waals surface area contributed by atoms with Crippen LogP contribution in [0.3, 0.4) is 0 Å². The number of hydrogen-bond acceptors (Lipinski definition) is 7. The van der Waals surface area contributed by atoms with Crippen LogP contribution in [0.4, 0.5) is 0 Å². The van der Waals surface area contributed by atoms with Crippen LogP contribution >= 0.6 is 0 Å². The van der Waals surface area contributed by atoms with Gasteiger partial charge in [-0.1, -0.05) is 18.1 Å². The van der Waals surface area contributed by atoms with Crippen molar-refractivity contribution in [1.29, 1.82) is 0 Å². The molecule has 0 aliphatic carbocycles. The van der Waals surface area contributed by atoms with Gasteiger partial charge in [-0.05, 0) is 32.4 Å². The molecule has 0 fully saturated rings. The van der Waals surface area contributed by atoms with E-state index in [1.807, 2.05) is 32.0 Å². The summed E-state index contributed by atoms with van der Waals surface area (Å²) in [6.07, 6.45) is 7.68. The van der Waals surface area contributed by atoms with E-state index in [9.17, 15) is 0 Å². The first kappa shape index (κ1) is 17.0. The molecule has 0 atom stereocenters. The van der Waals surface area contributed by atoms with Gasteiger partial charge in [0, 0.05) is 24.2 Å². The third kappa shape index (κ3) is 3.19. The van der Waals surface area contributed by atoms with Crippen LogP contribution in [-0.4, -0.2) is 30.1 Å². The second-order valence-corrected chi connectivity index (χ2v) is 6.14. The lowest BCUT2D eigenvalue weighted by Gasteiger charge is -2.09. The number of nitrogens with zero attached hydrogens (tertiary/aromatic N) is 6. The SMILES string of the molecule is CCc1c(C)noc1-c1cnc(-c2ccccn2)nc1-c1cnc(C)cn1. The van der Waals surface area contributed by atoms with Crippen LogP contribution in [0, 0.1) is 13.8 Å². The van der Waals surface area contributed by atoms with Crippen molar-refractivity contribution in [2.24, 2.45) is 0 Å². The first-order valence-corrected chi connectivity index (χ1v) is 8.70. The molecular weight excluding hydrogens is 340 g/mol. The molecule has 0 amide bonds. The Hall–Kier alpha value is -3.48. The minimum absolute atomic E-state index is 0.519. The monoisotopic (exact) mass is 358 g/mol. The third-order valence-corrected chi connectivity index (χ3v) is 4.29. The Morgan fingerprint density at radius 1 is 0.926 bits per heavy atom. The maximum Gasteiger partial charge on any atom is 0.178 e. The van der Waals surface area contributed by atoms with E-state index in [1.54, 1.807) is 24.8 Å². The summed E-state index contributed by atoms with van der Waals surface area (Å²) in [6, 6.07) is 5.63. The third-order valence-electron chi connectivity index (χ3n) is 4.29. The van der Waals surface area contributed by atoms with Gasteiger partial charge in [0.15, 0.2) is 11.6 Å². The lowest BCUT2D eigenvalue weighted by atomic mass is 10.0. The lowest BCUT2D eigenvalue weighted by Crippen LogP contribution is -2.00. The maximum absolute atomic E-state index is 5.61. The number of rotatable bonds is 4. The van der Waals surface area contributed by atoms with Crippen molar-refractivity contribution in [2.45, 2.75) is 27.2 Å². The molecular formula is C20H18N6O. The van der Waals surface area contributed by atoms with Gasteiger partial charge in [-0.2, -0.15) is 0 Å². The topological polar surface area (TPSA) is 90.5 Å². The van der Waals surface area contributed by atoms with E-state index in [0.29, 0.717) is 28.7 Å². The fourth-order valence-corrected chi connectivity index (χ4v) is 2.89. The fourth-order valence-electron chi connectivity index (χ4n) is 2.89. The molecule has 0 bridgehead atoms. The molecule has 0 aromatic carbocycles. The van der Waals surface area contributed by atoms with E-state index in [2.05, 4.69) is 32.0 Å². The van der Waals surface area contributed by atoms with Gasteiger partial charge >= 0.3 is 0 Å². The number of hydrogen-bond donors (Lipinski definition) is 0. The van der Waals surface area contributed by atoms with Gasteiger partial charge in [0.05, 0.1) is 23.1 Å². The van der Waals surface area contributed by atoms with Gasteiger partial charge < -0.3 is 4.52 Å². The average Bonchev–Trinajstić information content (AvgIpc) is 3.09.